The highest BCUT2D eigenvalue weighted by Gasteiger charge is 2.18. The summed E-state index contributed by atoms with van der Waals surface area (Å²) in [5.41, 5.74) is 2.30. The lowest BCUT2D eigenvalue weighted by molar-refractivity contribution is 0.532. The predicted octanol–water partition coefficient (Wildman–Crippen LogP) is 5.02. The SMILES string of the molecule is CCCNC(c1cc(C)cc(Cl)c1)c1ccc(F)cc1F. The minimum atomic E-state index is -0.576. The molecule has 0 aliphatic heterocycles. The predicted molar refractivity (Wildman–Crippen MR) is 82.7 cm³/mol. The summed E-state index contributed by atoms with van der Waals surface area (Å²) in [5.74, 6) is -1.13. The number of benzene rings is 2. The van der Waals surface area contributed by atoms with Gasteiger partial charge in [-0.1, -0.05) is 30.7 Å². The molecule has 0 aromatic heterocycles. The number of rotatable bonds is 5. The summed E-state index contributed by atoms with van der Waals surface area (Å²) in [6.45, 7) is 4.70. The lowest BCUT2D eigenvalue weighted by Crippen LogP contribution is -2.24. The van der Waals surface area contributed by atoms with E-state index < -0.39 is 11.6 Å². The lowest BCUT2D eigenvalue weighted by Gasteiger charge is -2.21. The van der Waals surface area contributed by atoms with Gasteiger partial charge in [-0.2, -0.15) is 0 Å². The highest BCUT2D eigenvalue weighted by Crippen LogP contribution is 2.28. The normalized spacial score (nSPS) is 12.4. The maximum absolute atomic E-state index is 14.1. The van der Waals surface area contributed by atoms with Crippen LogP contribution in [0.15, 0.2) is 36.4 Å². The Morgan fingerprint density at radius 2 is 1.90 bits per heavy atom. The van der Waals surface area contributed by atoms with Gasteiger partial charge >= 0.3 is 0 Å². The van der Waals surface area contributed by atoms with Crippen molar-refractivity contribution in [2.24, 2.45) is 0 Å². The lowest BCUT2D eigenvalue weighted by atomic mass is 9.96. The molecule has 112 valence electrons. The summed E-state index contributed by atoms with van der Waals surface area (Å²) < 4.78 is 27.2. The number of aryl methyl sites for hydroxylation is 1. The molecule has 2 aromatic rings. The number of halogens is 3. The second-order valence-corrected chi connectivity index (χ2v) is 5.55. The van der Waals surface area contributed by atoms with Crippen molar-refractivity contribution >= 4 is 11.6 Å². The molecule has 1 atom stereocenters. The van der Waals surface area contributed by atoms with Gasteiger partial charge in [0, 0.05) is 16.7 Å². The Morgan fingerprint density at radius 3 is 2.52 bits per heavy atom. The summed E-state index contributed by atoms with van der Waals surface area (Å²) in [7, 11) is 0. The minimum Gasteiger partial charge on any atom is -0.306 e. The molecule has 0 saturated heterocycles. The second kappa shape index (κ2) is 7.01. The molecule has 1 nitrogen and oxygen atoms in total. The number of nitrogens with one attached hydrogen (secondary N) is 1. The molecule has 4 heteroatoms. The van der Waals surface area contributed by atoms with Crippen LogP contribution in [0.2, 0.25) is 5.02 Å². The third-order valence-corrected chi connectivity index (χ3v) is 3.49. The van der Waals surface area contributed by atoms with Crippen LogP contribution in [0.25, 0.3) is 0 Å². The van der Waals surface area contributed by atoms with Crippen molar-refractivity contribution in [1.29, 1.82) is 0 Å². The Bertz CT molecular complexity index is 608. The van der Waals surface area contributed by atoms with Crippen LogP contribution in [0, 0.1) is 18.6 Å². The maximum Gasteiger partial charge on any atom is 0.131 e. The third kappa shape index (κ3) is 4.02. The Labute approximate surface area is 128 Å². The standard InChI is InChI=1S/C17H18ClF2N/c1-3-6-21-17(12-7-11(2)8-13(18)9-12)15-5-4-14(19)10-16(15)20/h4-5,7-10,17,21H,3,6H2,1-2H3. The fourth-order valence-electron chi connectivity index (χ4n) is 2.36. The quantitative estimate of drug-likeness (QED) is 0.818. The zero-order valence-corrected chi connectivity index (χ0v) is 12.8. The average molecular weight is 310 g/mol. The second-order valence-electron chi connectivity index (χ2n) is 5.11. The molecule has 2 aromatic carbocycles. The van der Waals surface area contributed by atoms with Gasteiger partial charge in [-0.15, -0.1) is 0 Å². The fraction of sp³-hybridized carbons (Fsp3) is 0.294. The molecule has 2 rings (SSSR count). The van der Waals surface area contributed by atoms with Crippen LogP contribution in [0.4, 0.5) is 8.78 Å². The molecule has 0 bridgehead atoms. The summed E-state index contributed by atoms with van der Waals surface area (Å²) in [6.07, 6.45) is 0.916. The Hall–Kier alpha value is -1.45. The molecule has 1 N–H and O–H groups in total. The van der Waals surface area contributed by atoms with Gasteiger partial charge in [0.05, 0.1) is 6.04 Å². The van der Waals surface area contributed by atoms with E-state index in [9.17, 15) is 8.78 Å². The van der Waals surface area contributed by atoms with Crippen molar-refractivity contribution in [2.45, 2.75) is 26.3 Å². The van der Waals surface area contributed by atoms with Gasteiger partial charge in [0.2, 0.25) is 0 Å². The van der Waals surface area contributed by atoms with E-state index >= 15 is 0 Å². The van der Waals surface area contributed by atoms with Crippen molar-refractivity contribution in [3.05, 3.63) is 69.7 Å². The average Bonchev–Trinajstić information content (AvgIpc) is 2.40. The van der Waals surface area contributed by atoms with E-state index in [-0.39, 0.29) is 6.04 Å². The molecule has 1 unspecified atom stereocenters. The largest absolute Gasteiger partial charge is 0.306 e. The van der Waals surface area contributed by atoms with Crippen LogP contribution in [-0.2, 0) is 0 Å². The highest BCUT2D eigenvalue weighted by molar-refractivity contribution is 6.30. The van der Waals surface area contributed by atoms with E-state index in [0.29, 0.717) is 10.6 Å². The van der Waals surface area contributed by atoms with Crippen LogP contribution in [0.3, 0.4) is 0 Å². The molecular weight excluding hydrogens is 292 g/mol. The first-order valence-corrected chi connectivity index (χ1v) is 7.34. The van der Waals surface area contributed by atoms with Crippen molar-refractivity contribution in [3.63, 3.8) is 0 Å². The van der Waals surface area contributed by atoms with Crippen molar-refractivity contribution in [1.82, 2.24) is 5.32 Å². The molecule has 0 aliphatic rings. The molecular formula is C17H18ClF2N. The molecule has 0 aliphatic carbocycles. The minimum absolute atomic E-state index is 0.344. The summed E-state index contributed by atoms with van der Waals surface area (Å²) in [6, 6.07) is 8.94. The van der Waals surface area contributed by atoms with E-state index in [2.05, 4.69) is 5.32 Å². The molecule has 0 radical (unpaired) electrons. The summed E-state index contributed by atoms with van der Waals surface area (Å²) >= 11 is 6.10. The topological polar surface area (TPSA) is 12.0 Å². The first-order chi connectivity index (χ1) is 10.0. The molecule has 0 amide bonds. The van der Waals surface area contributed by atoms with Crippen molar-refractivity contribution in [2.75, 3.05) is 6.54 Å². The third-order valence-electron chi connectivity index (χ3n) is 3.27. The molecule has 0 saturated carbocycles. The Balaban J connectivity index is 2.46. The summed E-state index contributed by atoms with van der Waals surface area (Å²) in [5, 5.41) is 3.90. The van der Waals surface area contributed by atoms with E-state index in [0.717, 1.165) is 30.2 Å². The van der Waals surface area contributed by atoms with Crippen LogP contribution in [0.1, 0.15) is 36.1 Å². The van der Waals surface area contributed by atoms with Crippen LogP contribution in [-0.4, -0.2) is 6.54 Å². The maximum atomic E-state index is 14.1. The van der Waals surface area contributed by atoms with Crippen LogP contribution < -0.4 is 5.32 Å². The van der Waals surface area contributed by atoms with Crippen LogP contribution in [0.5, 0.6) is 0 Å². The van der Waals surface area contributed by atoms with Crippen molar-refractivity contribution in [3.8, 4) is 0 Å². The van der Waals surface area contributed by atoms with Gasteiger partial charge in [0.25, 0.3) is 0 Å². The smallest absolute Gasteiger partial charge is 0.131 e. The van der Waals surface area contributed by atoms with Gasteiger partial charge in [-0.25, -0.2) is 8.78 Å². The van der Waals surface area contributed by atoms with Crippen molar-refractivity contribution < 1.29 is 8.78 Å². The first kappa shape index (κ1) is 15.9. The number of hydrogen-bond acceptors (Lipinski definition) is 1. The van der Waals surface area contributed by atoms with Gasteiger partial charge in [0.1, 0.15) is 11.6 Å². The Kier molecular flexibility index (Phi) is 5.32. The zero-order chi connectivity index (χ0) is 15.4. The number of hydrogen-bond donors (Lipinski definition) is 1. The zero-order valence-electron chi connectivity index (χ0n) is 12.1. The molecule has 0 fully saturated rings. The van der Waals surface area contributed by atoms with E-state index in [4.69, 9.17) is 11.6 Å². The van der Waals surface area contributed by atoms with Gasteiger partial charge in [0.15, 0.2) is 0 Å². The van der Waals surface area contributed by atoms with Crippen LogP contribution >= 0.6 is 11.6 Å². The summed E-state index contributed by atoms with van der Waals surface area (Å²) in [4.78, 5) is 0. The van der Waals surface area contributed by atoms with Gasteiger partial charge < -0.3 is 5.32 Å². The molecule has 21 heavy (non-hydrogen) atoms. The van der Waals surface area contributed by atoms with Gasteiger partial charge in [-0.05, 0) is 49.2 Å². The fourth-order valence-corrected chi connectivity index (χ4v) is 2.66. The Morgan fingerprint density at radius 1 is 1.14 bits per heavy atom. The molecule has 0 spiro atoms. The molecule has 0 heterocycles. The van der Waals surface area contributed by atoms with E-state index in [1.807, 2.05) is 32.0 Å². The van der Waals surface area contributed by atoms with E-state index in [1.54, 1.807) is 0 Å². The first-order valence-electron chi connectivity index (χ1n) is 6.96. The van der Waals surface area contributed by atoms with E-state index in [1.165, 1.54) is 12.1 Å². The van der Waals surface area contributed by atoms with Gasteiger partial charge in [-0.3, -0.25) is 0 Å². The monoisotopic (exact) mass is 309 g/mol. The highest BCUT2D eigenvalue weighted by atomic mass is 35.5.